The Kier molecular flexibility index (Phi) is 5.41. The quantitative estimate of drug-likeness (QED) is 0.625. The number of carbonyl (C=O) groups is 1. The predicted octanol–water partition coefficient (Wildman–Crippen LogP) is 2.87. The third kappa shape index (κ3) is 4.09. The van der Waals surface area contributed by atoms with Crippen molar-refractivity contribution >= 4 is 11.6 Å². The van der Waals surface area contributed by atoms with Gasteiger partial charge in [-0.1, -0.05) is 12.1 Å². The number of benzene rings is 2. The molecular weight excluding hydrogens is 346 g/mol. The highest BCUT2D eigenvalue weighted by Crippen LogP contribution is 2.29. The van der Waals surface area contributed by atoms with E-state index in [1.807, 2.05) is 26.2 Å². The molecule has 0 saturated heterocycles. The fourth-order valence-corrected chi connectivity index (χ4v) is 3.31. The van der Waals surface area contributed by atoms with Crippen molar-refractivity contribution in [2.45, 2.75) is 19.4 Å². The number of carbonyl (C=O) groups excluding carboxylic acids is 1. The highest BCUT2D eigenvalue weighted by molar-refractivity contribution is 5.94. The van der Waals surface area contributed by atoms with Crippen LogP contribution in [0, 0.1) is 17.0 Å². The molecule has 0 bridgehead atoms. The largest absolute Gasteiger partial charge is 0.493 e. The average Bonchev–Trinajstić information content (AvgIpc) is 3.08. The van der Waals surface area contributed by atoms with Crippen LogP contribution in [0.15, 0.2) is 36.4 Å². The average molecular weight is 369 g/mol. The van der Waals surface area contributed by atoms with Gasteiger partial charge in [-0.05, 0) is 50.3 Å². The molecule has 0 fully saturated rings. The van der Waals surface area contributed by atoms with Crippen LogP contribution >= 0.6 is 0 Å². The van der Waals surface area contributed by atoms with Crippen LogP contribution in [0.2, 0.25) is 0 Å². The van der Waals surface area contributed by atoms with E-state index in [1.54, 1.807) is 13.0 Å². The summed E-state index contributed by atoms with van der Waals surface area (Å²) in [6, 6.07) is 10.6. The summed E-state index contributed by atoms with van der Waals surface area (Å²) in [7, 11) is 3.94. The summed E-state index contributed by atoms with van der Waals surface area (Å²) in [6.45, 7) is 2.77. The topological polar surface area (TPSA) is 84.7 Å². The fraction of sp³-hybridized carbons (Fsp3) is 0.350. The van der Waals surface area contributed by atoms with Crippen LogP contribution in [-0.2, 0) is 6.42 Å². The van der Waals surface area contributed by atoms with E-state index in [0.29, 0.717) is 24.3 Å². The number of nitro groups is 1. The van der Waals surface area contributed by atoms with Gasteiger partial charge in [-0.2, -0.15) is 0 Å². The molecule has 0 saturated carbocycles. The second kappa shape index (κ2) is 7.75. The van der Waals surface area contributed by atoms with E-state index in [-0.39, 0.29) is 17.6 Å². The van der Waals surface area contributed by atoms with Gasteiger partial charge in [0.1, 0.15) is 5.75 Å². The highest BCUT2D eigenvalue weighted by atomic mass is 16.6. The number of fused-ring (bicyclic) bond motifs is 1. The van der Waals surface area contributed by atoms with Crippen molar-refractivity contribution in [3.8, 4) is 5.75 Å². The number of aryl methyl sites for hydroxylation is 1. The molecule has 0 aliphatic carbocycles. The first-order valence-corrected chi connectivity index (χ1v) is 8.82. The second-order valence-electron chi connectivity index (χ2n) is 6.91. The molecule has 7 heteroatoms. The summed E-state index contributed by atoms with van der Waals surface area (Å²) in [6.07, 6.45) is 0.901. The number of likely N-dealkylation sites (N-methyl/N-ethyl adjacent to an activating group) is 1. The summed E-state index contributed by atoms with van der Waals surface area (Å²) < 4.78 is 5.56. The molecule has 0 spiro atoms. The molecule has 7 nitrogen and oxygen atoms in total. The van der Waals surface area contributed by atoms with Gasteiger partial charge in [-0.25, -0.2) is 0 Å². The van der Waals surface area contributed by atoms with E-state index in [0.717, 1.165) is 17.7 Å². The molecule has 1 amide bonds. The Bertz CT molecular complexity index is 880. The van der Waals surface area contributed by atoms with E-state index in [4.69, 9.17) is 4.74 Å². The number of hydrogen-bond acceptors (Lipinski definition) is 5. The van der Waals surface area contributed by atoms with Gasteiger partial charge in [0.15, 0.2) is 0 Å². The lowest BCUT2D eigenvalue weighted by atomic mass is 10.0. The molecule has 2 aromatic rings. The first-order valence-electron chi connectivity index (χ1n) is 8.82. The monoisotopic (exact) mass is 369 g/mol. The number of hydrogen-bond donors (Lipinski definition) is 1. The number of nitrogens with one attached hydrogen (secondary N) is 1. The molecule has 1 unspecified atom stereocenters. The molecule has 3 rings (SSSR count). The van der Waals surface area contributed by atoms with E-state index in [9.17, 15) is 14.9 Å². The number of nitro benzene ring substituents is 1. The summed E-state index contributed by atoms with van der Waals surface area (Å²) in [5, 5.41) is 13.9. The molecule has 2 aromatic carbocycles. The zero-order valence-corrected chi connectivity index (χ0v) is 15.7. The van der Waals surface area contributed by atoms with E-state index in [2.05, 4.69) is 16.3 Å². The summed E-state index contributed by atoms with van der Waals surface area (Å²) in [4.78, 5) is 25.0. The number of rotatable bonds is 6. The smallest absolute Gasteiger partial charge is 0.272 e. The minimum atomic E-state index is -0.448. The van der Waals surface area contributed by atoms with Gasteiger partial charge in [0.05, 0.1) is 17.6 Å². The van der Waals surface area contributed by atoms with Crippen molar-refractivity contribution in [1.29, 1.82) is 0 Å². The summed E-state index contributed by atoms with van der Waals surface area (Å²) in [5.74, 6) is 0.686. The third-order valence-electron chi connectivity index (χ3n) is 4.83. The molecule has 1 atom stereocenters. The summed E-state index contributed by atoms with van der Waals surface area (Å²) in [5.41, 5.74) is 3.20. The van der Waals surface area contributed by atoms with Crippen LogP contribution in [0.25, 0.3) is 0 Å². The first-order chi connectivity index (χ1) is 12.9. The molecular formula is C20H23N3O4. The van der Waals surface area contributed by atoms with Gasteiger partial charge in [0, 0.05) is 30.2 Å². The number of nitrogens with zero attached hydrogens (tertiary/aromatic N) is 2. The molecule has 1 aliphatic rings. The van der Waals surface area contributed by atoms with Crippen LogP contribution in [0.3, 0.4) is 0 Å². The summed E-state index contributed by atoms with van der Waals surface area (Å²) >= 11 is 0. The Hall–Kier alpha value is -2.93. The van der Waals surface area contributed by atoms with Gasteiger partial charge in [0.25, 0.3) is 11.6 Å². The van der Waals surface area contributed by atoms with Crippen LogP contribution in [0.1, 0.15) is 33.1 Å². The maximum absolute atomic E-state index is 12.5. The van der Waals surface area contributed by atoms with E-state index < -0.39 is 4.92 Å². The Labute approximate surface area is 158 Å². The van der Waals surface area contributed by atoms with Gasteiger partial charge in [-0.3, -0.25) is 14.9 Å². The molecule has 27 heavy (non-hydrogen) atoms. The fourth-order valence-electron chi connectivity index (χ4n) is 3.31. The van der Waals surface area contributed by atoms with Crippen molar-refractivity contribution in [3.63, 3.8) is 0 Å². The SMILES string of the molecule is Cc1cc(C(=O)NCC(c2ccc3c(c2)CCO3)N(C)C)ccc1[N+](=O)[O-]. The Morgan fingerprint density at radius 2 is 2.07 bits per heavy atom. The minimum absolute atomic E-state index is 0.0121. The molecule has 0 radical (unpaired) electrons. The Balaban J connectivity index is 1.72. The Morgan fingerprint density at radius 3 is 2.74 bits per heavy atom. The molecule has 1 aliphatic heterocycles. The molecule has 0 aromatic heterocycles. The third-order valence-corrected chi connectivity index (χ3v) is 4.83. The van der Waals surface area contributed by atoms with E-state index >= 15 is 0 Å². The minimum Gasteiger partial charge on any atom is -0.493 e. The van der Waals surface area contributed by atoms with E-state index in [1.165, 1.54) is 17.7 Å². The number of ether oxygens (including phenoxy) is 1. The Morgan fingerprint density at radius 1 is 1.30 bits per heavy atom. The maximum atomic E-state index is 12.5. The normalized spacial score (nSPS) is 13.8. The predicted molar refractivity (Wildman–Crippen MR) is 102 cm³/mol. The number of amides is 1. The van der Waals surface area contributed by atoms with Crippen LogP contribution in [0.4, 0.5) is 5.69 Å². The first kappa shape index (κ1) is 18.8. The van der Waals surface area contributed by atoms with Crippen molar-refractivity contribution < 1.29 is 14.5 Å². The molecule has 1 heterocycles. The lowest BCUT2D eigenvalue weighted by Gasteiger charge is -2.25. The lowest BCUT2D eigenvalue weighted by Crippen LogP contribution is -2.34. The standard InChI is InChI=1S/C20H23N3O4/c1-13-10-16(4-6-17(13)23(25)26)20(24)21-12-18(22(2)3)14-5-7-19-15(11-14)8-9-27-19/h4-7,10-11,18H,8-9,12H2,1-3H3,(H,21,24). The second-order valence-corrected chi connectivity index (χ2v) is 6.91. The zero-order valence-electron chi connectivity index (χ0n) is 15.7. The van der Waals surface area contributed by atoms with Crippen LogP contribution in [0.5, 0.6) is 5.75 Å². The van der Waals surface area contributed by atoms with Gasteiger partial charge < -0.3 is 15.0 Å². The van der Waals surface area contributed by atoms with Crippen molar-refractivity contribution in [2.24, 2.45) is 0 Å². The lowest BCUT2D eigenvalue weighted by molar-refractivity contribution is -0.385. The molecule has 1 N–H and O–H groups in total. The molecule has 142 valence electrons. The van der Waals surface area contributed by atoms with Crippen molar-refractivity contribution in [2.75, 3.05) is 27.2 Å². The van der Waals surface area contributed by atoms with Gasteiger partial charge >= 0.3 is 0 Å². The van der Waals surface area contributed by atoms with Gasteiger partial charge in [-0.15, -0.1) is 0 Å². The maximum Gasteiger partial charge on any atom is 0.272 e. The van der Waals surface area contributed by atoms with Crippen molar-refractivity contribution in [3.05, 3.63) is 68.8 Å². The van der Waals surface area contributed by atoms with Crippen LogP contribution in [-0.4, -0.2) is 43.0 Å². The van der Waals surface area contributed by atoms with Crippen molar-refractivity contribution in [1.82, 2.24) is 10.2 Å². The highest BCUT2D eigenvalue weighted by Gasteiger charge is 2.20. The van der Waals surface area contributed by atoms with Crippen LogP contribution < -0.4 is 10.1 Å². The zero-order chi connectivity index (χ0) is 19.6. The van der Waals surface area contributed by atoms with Gasteiger partial charge in [0.2, 0.25) is 0 Å².